The molecule has 56 valence electrons. The highest BCUT2D eigenvalue weighted by molar-refractivity contribution is 7.62. The second-order valence-electron chi connectivity index (χ2n) is 1.34. The van der Waals surface area contributed by atoms with E-state index in [0.717, 1.165) is 0 Å². The highest BCUT2D eigenvalue weighted by atomic mass is 31.3. The van der Waals surface area contributed by atoms with E-state index in [1.165, 1.54) is 0 Å². The molecular formula is CH5O6P2-. The second-order valence-corrected chi connectivity index (χ2v) is 4.52. The Labute approximate surface area is 51.2 Å². The highest BCUT2D eigenvalue weighted by Crippen LogP contribution is 2.51. The second kappa shape index (κ2) is 2.50. The Morgan fingerprint density at radius 3 is 1.78 bits per heavy atom. The predicted molar refractivity (Wildman–Crippen MR) is 26.7 cm³/mol. The summed E-state index contributed by atoms with van der Waals surface area (Å²) in [6.07, 6.45) is 0. The van der Waals surface area contributed by atoms with E-state index < -0.39 is 15.4 Å². The van der Waals surface area contributed by atoms with E-state index in [9.17, 15) is 14.0 Å². The quantitative estimate of drug-likeness (QED) is 0.536. The van der Waals surface area contributed by atoms with Crippen molar-refractivity contribution in [1.82, 2.24) is 0 Å². The fourth-order valence-corrected chi connectivity index (χ4v) is 1.74. The Morgan fingerprint density at radius 2 is 1.78 bits per heavy atom. The lowest BCUT2D eigenvalue weighted by Crippen LogP contribution is -2.00. The molecule has 1 atom stereocenters. The van der Waals surface area contributed by atoms with Crippen molar-refractivity contribution in [2.75, 3.05) is 6.66 Å². The van der Waals surface area contributed by atoms with E-state index in [-0.39, 0.29) is 0 Å². The molecule has 0 bridgehead atoms. The van der Waals surface area contributed by atoms with Crippen molar-refractivity contribution in [3.05, 3.63) is 0 Å². The third-order valence-corrected chi connectivity index (χ3v) is 2.29. The van der Waals surface area contributed by atoms with Gasteiger partial charge in [-0.1, -0.05) is 0 Å². The molecule has 0 fully saturated rings. The van der Waals surface area contributed by atoms with E-state index in [2.05, 4.69) is 4.31 Å². The standard InChI is InChI=1S/CH6O6P2/c1-8(2,3)7-9(4,5)6/h1H3,(H,2,3)(H2,4,5,6)/p-1. The average molecular weight is 175 g/mol. The molecule has 0 amide bonds. The van der Waals surface area contributed by atoms with E-state index in [1.54, 1.807) is 0 Å². The molecule has 1 unspecified atom stereocenters. The molecule has 0 aromatic heterocycles. The molecule has 8 heteroatoms. The van der Waals surface area contributed by atoms with Gasteiger partial charge >= 0.3 is 7.82 Å². The minimum absolute atomic E-state index is 0.575. The van der Waals surface area contributed by atoms with Crippen molar-refractivity contribution in [1.29, 1.82) is 0 Å². The largest absolute Gasteiger partial charge is 0.778 e. The van der Waals surface area contributed by atoms with E-state index in [4.69, 9.17) is 9.79 Å². The highest BCUT2D eigenvalue weighted by Gasteiger charge is 2.18. The minimum Gasteiger partial charge on any atom is -0.778 e. The molecule has 0 radical (unpaired) electrons. The number of hydrogen-bond acceptors (Lipinski definition) is 4. The summed E-state index contributed by atoms with van der Waals surface area (Å²) >= 11 is 0. The van der Waals surface area contributed by atoms with Crippen LogP contribution in [-0.2, 0) is 13.4 Å². The number of rotatable bonds is 2. The smallest absolute Gasteiger partial charge is 0.474 e. The van der Waals surface area contributed by atoms with Gasteiger partial charge in [0, 0.05) is 6.66 Å². The Bertz CT molecular complexity index is 151. The lowest BCUT2D eigenvalue weighted by atomic mass is 12.0. The van der Waals surface area contributed by atoms with Crippen LogP contribution in [0, 0.1) is 0 Å². The van der Waals surface area contributed by atoms with Crippen LogP contribution in [0.1, 0.15) is 0 Å². The summed E-state index contributed by atoms with van der Waals surface area (Å²) in [7, 11) is -9.16. The first-order valence-electron chi connectivity index (χ1n) is 1.76. The first-order chi connectivity index (χ1) is 3.71. The van der Waals surface area contributed by atoms with Crippen LogP contribution in [0.2, 0.25) is 0 Å². The lowest BCUT2D eigenvalue weighted by Gasteiger charge is -2.17. The van der Waals surface area contributed by atoms with Gasteiger partial charge in [-0.3, -0.25) is 0 Å². The van der Waals surface area contributed by atoms with Crippen LogP contribution in [0.25, 0.3) is 0 Å². The van der Waals surface area contributed by atoms with Crippen LogP contribution in [0.3, 0.4) is 0 Å². The molecule has 9 heavy (non-hydrogen) atoms. The number of hydrogen-bond donors (Lipinski definition) is 2. The van der Waals surface area contributed by atoms with Gasteiger partial charge in [0.05, 0.1) is 0 Å². The Morgan fingerprint density at radius 1 is 1.44 bits per heavy atom. The van der Waals surface area contributed by atoms with Crippen LogP contribution < -0.4 is 4.89 Å². The lowest BCUT2D eigenvalue weighted by molar-refractivity contribution is -0.189. The van der Waals surface area contributed by atoms with E-state index in [0.29, 0.717) is 6.66 Å². The van der Waals surface area contributed by atoms with Crippen LogP contribution in [0.15, 0.2) is 0 Å². The summed E-state index contributed by atoms with van der Waals surface area (Å²) in [5, 5.41) is 0. The molecule has 0 rings (SSSR count). The van der Waals surface area contributed by atoms with Gasteiger partial charge in [-0.15, -0.1) is 0 Å². The first kappa shape index (κ1) is 9.30. The molecule has 0 aromatic carbocycles. The van der Waals surface area contributed by atoms with Crippen LogP contribution >= 0.6 is 15.4 Å². The predicted octanol–water partition coefficient (Wildman–Crippen LogP) is -0.721. The third kappa shape index (κ3) is 8.30. The van der Waals surface area contributed by atoms with Crippen molar-refractivity contribution in [2.45, 2.75) is 0 Å². The fraction of sp³-hybridized carbons (Fsp3) is 1.00. The molecule has 2 N–H and O–H groups in total. The zero-order chi connectivity index (χ0) is 7.71. The summed E-state index contributed by atoms with van der Waals surface area (Å²) < 4.78 is 23.0. The van der Waals surface area contributed by atoms with E-state index >= 15 is 0 Å². The molecule has 0 saturated heterocycles. The van der Waals surface area contributed by atoms with Crippen molar-refractivity contribution < 1.29 is 28.1 Å². The summed E-state index contributed by atoms with van der Waals surface area (Å²) in [5.41, 5.74) is 0. The van der Waals surface area contributed by atoms with Crippen LogP contribution in [0.4, 0.5) is 0 Å². The molecule has 0 aromatic rings. The molecule has 0 saturated carbocycles. The Kier molecular flexibility index (Phi) is 2.58. The maximum atomic E-state index is 9.96. The molecule has 0 heterocycles. The van der Waals surface area contributed by atoms with Gasteiger partial charge in [0.2, 0.25) is 0 Å². The average Bonchev–Trinajstić information content (AvgIpc) is 1.14. The van der Waals surface area contributed by atoms with Crippen molar-refractivity contribution in [2.24, 2.45) is 0 Å². The Balaban J connectivity index is 4.07. The fourth-order valence-electron chi connectivity index (χ4n) is 0.193. The van der Waals surface area contributed by atoms with Gasteiger partial charge in [-0.05, 0) is 0 Å². The molecule has 6 nitrogen and oxygen atoms in total. The first-order valence-corrected chi connectivity index (χ1v) is 5.28. The van der Waals surface area contributed by atoms with Crippen LogP contribution in [-0.4, -0.2) is 16.5 Å². The topological polar surface area (TPSA) is 107 Å². The van der Waals surface area contributed by atoms with Gasteiger partial charge < -0.3 is 19.2 Å². The van der Waals surface area contributed by atoms with Gasteiger partial charge in [0.1, 0.15) is 7.60 Å². The molecule has 0 aliphatic rings. The monoisotopic (exact) mass is 175 g/mol. The third-order valence-electron chi connectivity index (χ3n) is 0.255. The zero-order valence-corrected chi connectivity index (χ0v) is 6.21. The molecule has 0 aliphatic carbocycles. The zero-order valence-electron chi connectivity index (χ0n) is 4.42. The number of phosphoric acid groups is 1. The van der Waals surface area contributed by atoms with Gasteiger partial charge in [0.15, 0.2) is 0 Å². The van der Waals surface area contributed by atoms with Gasteiger partial charge in [-0.25, -0.2) is 8.88 Å². The summed E-state index contributed by atoms with van der Waals surface area (Å²) in [6.45, 7) is 0.575. The molecular weight excluding hydrogens is 170 g/mol. The summed E-state index contributed by atoms with van der Waals surface area (Å²) in [4.78, 5) is 25.7. The molecule has 0 spiro atoms. The normalized spacial score (nSPS) is 19.1. The van der Waals surface area contributed by atoms with Crippen molar-refractivity contribution >= 4 is 15.4 Å². The maximum absolute atomic E-state index is 9.96. The van der Waals surface area contributed by atoms with Crippen molar-refractivity contribution in [3.8, 4) is 0 Å². The van der Waals surface area contributed by atoms with E-state index in [1.807, 2.05) is 0 Å². The molecule has 0 aliphatic heterocycles. The summed E-state index contributed by atoms with van der Waals surface area (Å²) in [5.74, 6) is 0. The maximum Gasteiger partial charge on any atom is 0.474 e. The Hall–Kier alpha value is 0.300. The van der Waals surface area contributed by atoms with Crippen LogP contribution in [0.5, 0.6) is 0 Å². The van der Waals surface area contributed by atoms with Crippen molar-refractivity contribution in [3.63, 3.8) is 0 Å². The van der Waals surface area contributed by atoms with Gasteiger partial charge in [0.25, 0.3) is 0 Å². The minimum atomic E-state index is -4.86. The van der Waals surface area contributed by atoms with Gasteiger partial charge in [-0.2, -0.15) is 0 Å². The SMILES string of the molecule is CP(=O)([O-])OP(=O)(O)O. The summed E-state index contributed by atoms with van der Waals surface area (Å²) in [6, 6.07) is 0.